The minimum absolute atomic E-state index is 0.111. The molecule has 0 aliphatic carbocycles. The number of ether oxygens (including phenoxy) is 1. The van der Waals surface area contributed by atoms with Crippen molar-refractivity contribution >= 4 is 23.4 Å². The molecule has 0 radical (unpaired) electrons. The molecule has 0 unspecified atom stereocenters. The highest BCUT2D eigenvalue weighted by Gasteiger charge is 2.22. The van der Waals surface area contributed by atoms with E-state index in [9.17, 15) is 9.59 Å². The SMILES string of the molecule is CCOC(=O)c1ccccc1Nc1cc(C(=O)N2CCN(C)CC2)nc(C)n1. The highest BCUT2D eigenvalue weighted by molar-refractivity contribution is 5.97. The third-order valence-corrected chi connectivity index (χ3v) is 4.53. The van der Waals surface area contributed by atoms with E-state index in [0.29, 0.717) is 48.3 Å². The van der Waals surface area contributed by atoms with Gasteiger partial charge in [-0.1, -0.05) is 12.1 Å². The first-order valence-electron chi connectivity index (χ1n) is 9.34. The Labute approximate surface area is 164 Å². The molecule has 1 aromatic heterocycles. The van der Waals surface area contributed by atoms with Gasteiger partial charge in [-0.15, -0.1) is 0 Å². The number of nitrogens with one attached hydrogen (secondary N) is 1. The van der Waals surface area contributed by atoms with Gasteiger partial charge in [0.15, 0.2) is 0 Å². The summed E-state index contributed by atoms with van der Waals surface area (Å²) in [6.07, 6.45) is 0. The van der Waals surface area contributed by atoms with Gasteiger partial charge in [0.1, 0.15) is 17.3 Å². The van der Waals surface area contributed by atoms with Crippen LogP contribution in [-0.4, -0.2) is 71.5 Å². The summed E-state index contributed by atoms with van der Waals surface area (Å²) in [4.78, 5) is 37.7. The number of aryl methyl sites for hydroxylation is 1. The van der Waals surface area contributed by atoms with Gasteiger partial charge in [-0.05, 0) is 33.0 Å². The predicted octanol–water partition coefficient (Wildman–Crippen LogP) is 2.09. The summed E-state index contributed by atoms with van der Waals surface area (Å²) in [5.74, 6) is 0.420. The summed E-state index contributed by atoms with van der Waals surface area (Å²) in [6.45, 7) is 6.83. The molecular weight excluding hydrogens is 358 g/mol. The summed E-state index contributed by atoms with van der Waals surface area (Å²) >= 11 is 0. The minimum Gasteiger partial charge on any atom is -0.462 e. The molecule has 1 aliphatic rings. The number of aromatic nitrogens is 2. The Morgan fingerprint density at radius 3 is 2.57 bits per heavy atom. The van der Waals surface area contributed by atoms with Gasteiger partial charge in [-0.25, -0.2) is 14.8 Å². The number of likely N-dealkylation sites (N-methyl/N-ethyl adjacent to an activating group) is 1. The van der Waals surface area contributed by atoms with Crippen molar-refractivity contribution in [1.29, 1.82) is 0 Å². The van der Waals surface area contributed by atoms with E-state index < -0.39 is 5.97 Å². The smallest absolute Gasteiger partial charge is 0.340 e. The third-order valence-electron chi connectivity index (χ3n) is 4.53. The molecule has 28 heavy (non-hydrogen) atoms. The van der Waals surface area contributed by atoms with Gasteiger partial charge in [0.25, 0.3) is 5.91 Å². The third kappa shape index (κ3) is 4.64. The zero-order chi connectivity index (χ0) is 20.1. The Bertz CT molecular complexity index is 863. The Morgan fingerprint density at radius 2 is 1.86 bits per heavy atom. The van der Waals surface area contributed by atoms with Gasteiger partial charge < -0.3 is 19.9 Å². The number of hydrogen-bond donors (Lipinski definition) is 1. The number of carbonyl (C=O) groups is 2. The molecule has 1 aromatic carbocycles. The van der Waals surface area contributed by atoms with Crippen LogP contribution in [0.3, 0.4) is 0 Å². The molecule has 8 nitrogen and oxygen atoms in total. The second kappa shape index (κ2) is 8.79. The maximum atomic E-state index is 12.8. The maximum Gasteiger partial charge on any atom is 0.340 e. The maximum absolute atomic E-state index is 12.8. The van der Waals surface area contributed by atoms with Crippen molar-refractivity contribution < 1.29 is 14.3 Å². The van der Waals surface area contributed by atoms with Crippen molar-refractivity contribution in [3.8, 4) is 0 Å². The Morgan fingerprint density at radius 1 is 1.14 bits per heavy atom. The van der Waals surface area contributed by atoms with Crippen LogP contribution in [0.2, 0.25) is 0 Å². The predicted molar refractivity (Wildman–Crippen MR) is 106 cm³/mol. The van der Waals surface area contributed by atoms with E-state index in [-0.39, 0.29) is 5.91 Å². The molecule has 1 aliphatic heterocycles. The van der Waals surface area contributed by atoms with Crippen LogP contribution >= 0.6 is 0 Å². The quantitative estimate of drug-likeness (QED) is 0.791. The first kappa shape index (κ1) is 19.8. The van der Waals surface area contributed by atoms with Gasteiger partial charge in [-0.2, -0.15) is 0 Å². The number of rotatable bonds is 5. The van der Waals surface area contributed by atoms with E-state index in [1.54, 1.807) is 43.0 Å². The number of carbonyl (C=O) groups excluding carboxylic acids is 2. The van der Waals surface area contributed by atoms with Crippen molar-refractivity contribution in [2.24, 2.45) is 0 Å². The second-order valence-corrected chi connectivity index (χ2v) is 6.67. The molecule has 0 atom stereocenters. The number of hydrogen-bond acceptors (Lipinski definition) is 7. The van der Waals surface area contributed by atoms with Crippen molar-refractivity contribution in [2.75, 3.05) is 45.2 Å². The van der Waals surface area contributed by atoms with E-state index >= 15 is 0 Å². The number of esters is 1. The zero-order valence-corrected chi connectivity index (χ0v) is 16.4. The molecule has 3 rings (SSSR count). The Hall–Kier alpha value is -3.00. The summed E-state index contributed by atoms with van der Waals surface area (Å²) in [6, 6.07) is 8.66. The molecule has 148 valence electrons. The number of nitrogens with zero attached hydrogens (tertiary/aromatic N) is 4. The average molecular weight is 383 g/mol. The van der Waals surface area contributed by atoms with Crippen LogP contribution in [0.5, 0.6) is 0 Å². The van der Waals surface area contributed by atoms with E-state index in [2.05, 4.69) is 20.2 Å². The van der Waals surface area contributed by atoms with Gasteiger partial charge in [0, 0.05) is 32.2 Å². The number of amides is 1. The van der Waals surface area contributed by atoms with E-state index in [0.717, 1.165) is 13.1 Å². The van der Waals surface area contributed by atoms with Crippen LogP contribution in [0.15, 0.2) is 30.3 Å². The van der Waals surface area contributed by atoms with Crippen molar-refractivity contribution in [3.05, 3.63) is 47.4 Å². The van der Waals surface area contributed by atoms with E-state index in [4.69, 9.17) is 4.74 Å². The molecule has 1 N–H and O–H groups in total. The van der Waals surface area contributed by atoms with E-state index in [1.807, 2.05) is 13.1 Å². The molecule has 1 saturated heterocycles. The number of para-hydroxylation sites is 1. The molecule has 2 heterocycles. The first-order valence-corrected chi connectivity index (χ1v) is 9.34. The lowest BCUT2D eigenvalue weighted by molar-refractivity contribution is 0.0527. The van der Waals surface area contributed by atoms with Crippen LogP contribution in [0, 0.1) is 6.92 Å². The molecule has 0 saturated carbocycles. The van der Waals surface area contributed by atoms with Crippen LogP contribution in [0.4, 0.5) is 11.5 Å². The average Bonchev–Trinajstić information content (AvgIpc) is 2.68. The summed E-state index contributed by atoms with van der Waals surface area (Å²) < 4.78 is 5.10. The summed E-state index contributed by atoms with van der Waals surface area (Å²) in [5.41, 5.74) is 1.32. The van der Waals surface area contributed by atoms with Gasteiger partial charge >= 0.3 is 5.97 Å². The number of anilines is 2. The van der Waals surface area contributed by atoms with Crippen LogP contribution < -0.4 is 5.32 Å². The fourth-order valence-electron chi connectivity index (χ4n) is 3.03. The zero-order valence-electron chi connectivity index (χ0n) is 16.4. The van der Waals surface area contributed by atoms with E-state index in [1.165, 1.54) is 0 Å². The Kier molecular flexibility index (Phi) is 6.20. The minimum atomic E-state index is -0.412. The highest BCUT2D eigenvalue weighted by atomic mass is 16.5. The topological polar surface area (TPSA) is 87.7 Å². The monoisotopic (exact) mass is 383 g/mol. The van der Waals surface area contributed by atoms with Crippen LogP contribution in [0.25, 0.3) is 0 Å². The molecule has 8 heteroatoms. The molecule has 0 spiro atoms. The largest absolute Gasteiger partial charge is 0.462 e. The number of benzene rings is 1. The van der Waals surface area contributed by atoms with Crippen LogP contribution in [0.1, 0.15) is 33.6 Å². The van der Waals surface area contributed by atoms with Gasteiger partial charge in [-0.3, -0.25) is 4.79 Å². The van der Waals surface area contributed by atoms with Gasteiger partial charge in [0.2, 0.25) is 0 Å². The van der Waals surface area contributed by atoms with Crippen LogP contribution in [-0.2, 0) is 4.74 Å². The van der Waals surface area contributed by atoms with Crippen molar-refractivity contribution in [1.82, 2.24) is 19.8 Å². The summed E-state index contributed by atoms with van der Waals surface area (Å²) in [5, 5.41) is 3.13. The molecule has 2 aromatic rings. The lowest BCUT2D eigenvalue weighted by atomic mass is 10.1. The van der Waals surface area contributed by atoms with Gasteiger partial charge in [0.05, 0.1) is 17.9 Å². The van der Waals surface area contributed by atoms with Crippen molar-refractivity contribution in [3.63, 3.8) is 0 Å². The lowest BCUT2D eigenvalue weighted by Gasteiger charge is -2.32. The lowest BCUT2D eigenvalue weighted by Crippen LogP contribution is -2.47. The highest BCUT2D eigenvalue weighted by Crippen LogP contribution is 2.21. The fourth-order valence-corrected chi connectivity index (χ4v) is 3.03. The van der Waals surface area contributed by atoms with Crippen molar-refractivity contribution in [2.45, 2.75) is 13.8 Å². The fraction of sp³-hybridized carbons (Fsp3) is 0.400. The normalized spacial score (nSPS) is 14.6. The molecule has 1 fully saturated rings. The standard InChI is InChI=1S/C20H25N5O3/c1-4-28-20(27)15-7-5-6-8-16(15)23-18-13-17(21-14(2)22-18)19(26)25-11-9-24(3)10-12-25/h5-8,13H,4,9-12H2,1-3H3,(H,21,22,23). The summed E-state index contributed by atoms with van der Waals surface area (Å²) in [7, 11) is 2.04. The second-order valence-electron chi connectivity index (χ2n) is 6.67. The molecule has 0 bridgehead atoms. The number of piperazine rings is 1. The Balaban J connectivity index is 1.83. The molecular formula is C20H25N5O3. The molecule has 1 amide bonds. The first-order chi connectivity index (χ1) is 13.5.